The van der Waals surface area contributed by atoms with Crippen LogP contribution in [0.1, 0.15) is 11.1 Å². The van der Waals surface area contributed by atoms with Crippen molar-refractivity contribution in [2.24, 2.45) is 0 Å². The van der Waals surface area contributed by atoms with Crippen LogP contribution in [0.4, 0.5) is 0 Å². The lowest BCUT2D eigenvalue weighted by Gasteiger charge is -2.22. The first-order valence-corrected chi connectivity index (χ1v) is 12.3. The van der Waals surface area contributed by atoms with Crippen LogP contribution in [0.25, 0.3) is 55.3 Å². The third kappa shape index (κ3) is 3.22. The lowest BCUT2D eigenvalue weighted by Crippen LogP contribution is -1.97. The van der Waals surface area contributed by atoms with Gasteiger partial charge in [-0.2, -0.15) is 0 Å². The van der Waals surface area contributed by atoms with Crippen LogP contribution in [0.2, 0.25) is 0 Å². The van der Waals surface area contributed by atoms with E-state index in [1.54, 1.807) is 0 Å². The molecule has 0 atom stereocenters. The molecule has 35 heavy (non-hydrogen) atoms. The van der Waals surface area contributed by atoms with Gasteiger partial charge >= 0.3 is 0 Å². The Morgan fingerprint density at radius 3 is 1.80 bits per heavy atom. The zero-order valence-electron chi connectivity index (χ0n) is 19.4. The van der Waals surface area contributed by atoms with Crippen LogP contribution in [0.3, 0.4) is 0 Å². The van der Waals surface area contributed by atoms with Gasteiger partial charge in [0.2, 0.25) is 0 Å². The molecule has 0 fully saturated rings. The molecule has 0 bridgehead atoms. The van der Waals surface area contributed by atoms with Gasteiger partial charge in [0.15, 0.2) is 0 Å². The molecule has 0 nitrogen and oxygen atoms in total. The van der Waals surface area contributed by atoms with Gasteiger partial charge in [-0.3, -0.25) is 0 Å². The van der Waals surface area contributed by atoms with Gasteiger partial charge in [-0.15, -0.1) is 0 Å². The number of benzene rings is 6. The Balaban J connectivity index is 1.67. The quantitative estimate of drug-likeness (QED) is 0.255. The standard InChI is InChI=1S/C35H24/c1-3-13-25(14-4-1)34-32-22-27-17-8-10-20-29(27)31(32)23-33(35(34)26-15-5-2-6-16-26)30-21-11-18-24-12-7-9-19-28(24)30/h1-21,23H,22H2. The predicted molar refractivity (Wildman–Crippen MR) is 148 cm³/mol. The third-order valence-corrected chi connectivity index (χ3v) is 7.31. The van der Waals surface area contributed by atoms with E-state index in [2.05, 4.69) is 133 Å². The minimum absolute atomic E-state index is 0.964. The third-order valence-electron chi connectivity index (χ3n) is 7.31. The molecule has 0 heteroatoms. The molecule has 0 unspecified atom stereocenters. The van der Waals surface area contributed by atoms with Crippen molar-refractivity contribution < 1.29 is 0 Å². The number of rotatable bonds is 3. The summed E-state index contributed by atoms with van der Waals surface area (Å²) >= 11 is 0. The molecule has 0 saturated heterocycles. The smallest absolute Gasteiger partial charge is 0.000705 e. The summed E-state index contributed by atoms with van der Waals surface area (Å²) in [6.45, 7) is 0. The summed E-state index contributed by atoms with van der Waals surface area (Å²) in [6.07, 6.45) is 0.964. The van der Waals surface area contributed by atoms with Crippen molar-refractivity contribution in [1.29, 1.82) is 0 Å². The van der Waals surface area contributed by atoms with Crippen molar-refractivity contribution in [3.63, 3.8) is 0 Å². The van der Waals surface area contributed by atoms with Crippen molar-refractivity contribution in [2.45, 2.75) is 6.42 Å². The van der Waals surface area contributed by atoms with Gasteiger partial charge in [-0.1, -0.05) is 127 Å². The first-order valence-electron chi connectivity index (χ1n) is 12.3. The second-order valence-corrected chi connectivity index (χ2v) is 9.29. The monoisotopic (exact) mass is 444 g/mol. The number of hydrogen-bond acceptors (Lipinski definition) is 0. The molecule has 1 aliphatic rings. The Hall–Kier alpha value is -4.42. The van der Waals surface area contributed by atoms with Gasteiger partial charge in [-0.05, 0) is 78.9 Å². The van der Waals surface area contributed by atoms with E-state index in [1.165, 1.54) is 66.4 Å². The van der Waals surface area contributed by atoms with E-state index in [0.717, 1.165) is 6.42 Å². The Morgan fingerprint density at radius 2 is 1.00 bits per heavy atom. The summed E-state index contributed by atoms with van der Waals surface area (Å²) in [6, 6.07) is 48.6. The zero-order chi connectivity index (χ0) is 23.2. The molecule has 7 rings (SSSR count). The maximum Gasteiger partial charge on any atom is -0.000705 e. The normalized spacial score (nSPS) is 11.9. The zero-order valence-corrected chi connectivity index (χ0v) is 19.4. The molecule has 6 aromatic carbocycles. The summed E-state index contributed by atoms with van der Waals surface area (Å²) < 4.78 is 0. The van der Waals surface area contributed by atoms with Crippen LogP contribution in [0.5, 0.6) is 0 Å². The summed E-state index contributed by atoms with van der Waals surface area (Å²) in [5, 5.41) is 2.56. The highest BCUT2D eigenvalue weighted by Crippen LogP contribution is 2.51. The number of hydrogen-bond donors (Lipinski definition) is 0. The maximum atomic E-state index is 2.46. The van der Waals surface area contributed by atoms with Crippen molar-refractivity contribution >= 4 is 10.8 Å². The van der Waals surface area contributed by atoms with E-state index in [0.29, 0.717) is 0 Å². The molecule has 0 spiro atoms. The van der Waals surface area contributed by atoms with E-state index >= 15 is 0 Å². The lowest BCUT2D eigenvalue weighted by molar-refractivity contribution is 1.26. The van der Waals surface area contributed by atoms with E-state index in [-0.39, 0.29) is 0 Å². The molecule has 0 amide bonds. The van der Waals surface area contributed by atoms with E-state index < -0.39 is 0 Å². The van der Waals surface area contributed by atoms with Crippen LogP contribution >= 0.6 is 0 Å². The summed E-state index contributed by atoms with van der Waals surface area (Å²) in [7, 11) is 0. The summed E-state index contributed by atoms with van der Waals surface area (Å²) in [5.74, 6) is 0. The predicted octanol–water partition coefficient (Wildman–Crippen LogP) is 9.41. The first kappa shape index (κ1) is 20.0. The molecule has 0 radical (unpaired) electrons. The maximum absolute atomic E-state index is 2.46. The average molecular weight is 445 g/mol. The largest absolute Gasteiger partial charge is 0.0622 e. The van der Waals surface area contributed by atoms with Gasteiger partial charge in [0.05, 0.1) is 0 Å². The van der Waals surface area contributed by atoms with Gasteiger partial charge in [0.25, 0.3) is 0 Å². The molecule has 6 aromatic rings. The van der Waals surface area contributed by atoms with Crippen LogP contribution in [-0.4, -0.2) is 0 Å². The molecule has 0 aliphatic heterocycles. The van der Waals surface area contributed by atoms with E-state index in [1.807, 2.05) is 0 Å². The van der Waals surface area contributed by atoms with E-state index in [4.69, 9.17) is 0 Å². The topological polar surface area (TPSA) is 0 Å². The molecular weight excluding hydrogens is 420 g/mol. The Bertz CT molecular complexity index is 1690. The summed E-state index contributed by atoms with van der Waals surface area (Å²) in [5.41, 5.74) is 13.4. The van der Waals surface area contributed by atoms with Crippen LogP contribution in [0, 0.1) is 0 Å². The fourth-order valence-electron chi connectivity index (χ4n) is 5.78. The Labute approximate surface area is 206 Å². The SMILES string of the molecule is c1ccc(-c2c(-c3cccc4ccccc34)cc3c(c2-c2ccccc2)Cc2ccccc2-3)cc1. The highest BCUT2D eigenvalue weighted by molar-refractivity contribution is 6.07. The van der Waals surface area contributed by atoms with Gasteiger partial charge in [-0.25, -0.2) is 0 Å². The number of fused-ring (bicyclic) bond motifs is 4. The van der Waals surface area contributed by atoms with Gasteiger partial charge < -0.3 is 0 Å². The van der Waals surface area contributed by atoms with Crippen molar-refractivity contribution in [3.05, 3.63) is 145 Å². The van der Waals surface area contributed by atoms with Crippen molar-refractivity contribution in [1.82, 2.24) is 0 Å². The molecule has 0 saturated carbocycles. The van der Waals surface area contributed by atoms with Crippen molar-refractivity contribution in [3.8, 4) is 44.5 Å². The molecule has 0 heterocycles. The minimum atomic E-state index is 0.964. The second kappa shape index (κ2) is 8.11. The first-order chi connectivity index (χ1) is 17.4. The van der Waals surface area contributed by atoms with Gasteiger partial charge in [0, 0.05) is 0 Å². The molecule has 0 N–H and O–H groups in total. The highest BCUT2D eigenvalue weighted by Gasteiger charge is 2.27. The molecule has 1 aliphatic carbocycles. The fourth-order valence-corrected chi connectivity index (χ4v) is 5.78. The van der Waals surface area contributed by atoms with Crippen LogP contribution in [-0.2, 0) is 6.42 Å². The minimum Gasteiger partial charge on any atom is -0.0622 e. The Morgan fingerprint density at radius 1 is 0.400 bits per heavy atom. The average Bonchev–Trinajstić information content (AvgIpc) is 3.31. The van der Waals surface area contributed by atoms with Gasteiger partial charge in [0.1, 0.15) is 0 Å². The Kier molecular flexibility index (Phi) is 4.63. The molecule has 164 valence electrons. The fraction of sp³-hybridized carbons (Fsp3) is 0.0286. The van der Waals surface area contributed by atoms with Crippen LogP contribution < -0.4 is 0 Å². The highest BCUT2D eigenvalue weighted by atomic mass is 14.3. The molecular formula is C35H24. The van der Waals surface area contributed by atoms with E-state index in [9.17, 15) is 0 Å². The van der Waals surface area contributed by atoms with Crippen LogP contribution in [0.15, 0.2) is 133 Å². The van der Waals surface area contributed by atoms with Crippen molar-refractivity contribution in [2.75, 3.05) is 0 Å². The lowest BCUT2D eigenvalue weighted by atomic mass is 9.81. The second-order valence-electron chi connectivity index (χ2n) is 9.29. The molecule has 0 aromatic heterocycles. The summed E-state index contributed by atoms with van der Waals surface area (Å²) in [4.78, 5) is 0.